The van der Waals surface area contributed by atoms with Crippen LogP contribution in [0.4, 0.5) is 5.69 Å². The van der Waals surface area contributed by atoms with Crippen molar-refractivity contribution in [2.45, 2.75) is 26.3 Å². The molecule has 1 saturated heterocycles. The maximum Gasteiger partial charge on any atom is 0.262 e. The Hall–Kier alpha value is -2.33. The lowest BCUT2D eigenvalue weighted by Gasteiger charge is -2.15. The van der Waals surface area contributed by atoms with Crippen molar-refractivity contribution >= 4 is 11.6 Å². The lowest BCUT2D eigenvalue weighted by Crippen LogP contribution is -2.20. The van der Waals surface area contributed by atoms with E-state index >= 15 is 0 Å². The minimum atomic E-state index is -0.148. The van der Waals surface area contributed by atoms with Crippen molar-refractivity contribution in [3.05, 3.63) is 59.7 Å². The van der Waals surface area contributed by atoms with Gasteiger partial charge in [-0.15, -0.1) is 0 Å². The topological polar surface area (TPSA) is 41.6 Å². The van der Waals surface area contributed by atoms with Crippen molar-refractivity contribution < 1.29 is 9.53 Å². The van der Waals surface area contributed by atoms with Crippen LogP contribution in [0.15, 0.2) is 48.5 Å². The molecule has 0 saturated carbocycles. The Morgan fingerprint density at radius 3 is 2.50 bits per heavy atom. The summed E-state index contributed by atoms with van der Waals surface area (Å²) in [6.45, 7) is 5.35. The highest BCUT2D eigenvalue weighted by molar-refractivity contribution is 5.91. The summed E-state index contributed by atoms with van der Waals surface area (Å²) in [7, 11) is 0. The monoisotopic (exact) mass is 324 g/mol. The molecule has 0 aromatic heterocycles. The van der Waals surface area contributed by atoms with Gasteiger partial charge in [-0.3, -0.25) is 9.69 Å². The smallest absolute Gasteiger partial charge is 0.262 e. The van der Waals surface area contributed by atoms with Gasteiger partial charge < -0.3 is 10.1 Å². The number of nitrogens with zero attached hydrogens (tertiary/aromatic N) is 1. The molecule has 3 rings (SSSR count). The molecule has 0 unspecified atom stereocenters. The van der Waals surface area contributed by atoms with Gasteiger partial charge in [0.15, 0.2) is 6.61 Å². The number of likely N-dealkylation sites (tertiary alicyclic amines) is 1. The second-order valence-corrected chi connectivity index (χ2v) is 6.28. The largest absolute Gasteiger partial charge is 0.483 e. The molecule has 0 aliphatic carbocycles. The van der Waals surface area contributed by atoms with Crippen molar-refractivity contribution in [3.63, 3.8) is 0 Å². The predicted molar refractivity (Wildman–Crippen MR) is 96.3 cm³/mol. The normalized spacial score (nSPS) is 14.5. The zero-order chi connectivity index (χ0) is 16.8. The lowest BCUT2D eigenvalue weighted by atomic mass is 10.2. The average Bonchev–Trinajstić information content (AvgIpc) is 3.09. The van der Waals surface area contributed by atoms with Crippen LogP contribution in [0.2, 0.25) is 0 Å². The maximum atomic E-state index is 12.0. The van der Waals surface area contributed by atoms with Crippen molar-refractivity contribution in [2.24, 2.45) is 0 Å². The molecule has 1 N–H and O–H groups in total. The van der Waals surface area contributed by atoms with E-state index in [1.54, 1.807) is 0 Å². The molecule has 0 atom stereocenters. The Bertz CT molecular complexity index is 676. The van der Waals surface area contributed by atoms with E-state index in [0.29, 0.717) is 0 Å². The summed E-state index contributed by atoms with van der Waals surface area (Å²) < 4.78 is 5.56. The van der Waals surface area contributed by atoms with Gasteiger partial charge in [-0.1, -0.05) is 30.3 Å². The van der Waals surface area contributed by atoms with E-state index < -0.39 is 0 Å². The van der Waals surface area contributed by atoms with Gasteiger partial charge in [0, 0.05) is 12.2 Å². The zero-order valence-corrected chi connectivity index (χ0v) is 14.1. The molecule has 2 aromatic rings. The van der Waals surface area contributed by atoms with Crippen LogP contribution < -0.4 is 10.1 Å². The fraction of sp³-hybridized carbons (Fsp3) is 0.350. The van der Waals surface area contributed by atoms with Crippen LogP contribution in [0.5, 0.6) is 5.75 Å². The number of carbonyl (C=O) groups is 1. The van der Waals surface area contributed by atoms with Crippen LogP contribution in [0, 0.1) is 6.92 Å². The van der Waals surface area contributed by atoms with Gasteiger partial charge in [0.1, 0.15) is 5.75 Å². The quantitative estimate of drug-likeness (QED) is 0.882. The zero-order valence-electron chi connectivity index (χ0n) is 14.1. The summed E-state index contributed by atoms with van der Waals surface area (Å²) >= 11 is 0. The van der Waals surface area contributed by atoms with Crippen molar-refractivity contribution in [3.8, 4) is 5.75 Å². The molecular formula is C20H24N2O2. The summed E-state index contributed by atoms with van der Waals surface area (Å²) in [4.78, 5) is 14.5. The highest BCUT2D eigenvalue weighted by atomic mass is 16.5. The number of rotatable bonds is 6. The summed E-state index contributed by atoms with van der Waals surface area (Å²) in [5.74, 6) is 0.596. The number of hydrogen-bond donors (Lipinski definition) is 1. The molecular weight excluding hydrogens is 300 g/mol. The Labute approximate surface area is 143 Å². The number of para-hydroxylation sites is 1. The number of carbonyl (C=O) groups excluding carboxylic acids is 1. The molecule has 1 fully saturated rings. The molecule has 4 heteroatoms. The Balaban J connectivity index is 1.48. The molecule has 2 aromatic carbocycles. The number of aryl methyl sites for hydroxylation is 1. The second-order valence-electron chi connectivity index (χ2n) is 6.28. The highest BCUT2D eigenvalue weighted by Gasteiger charge is 2.11. The van der Waals surface area contributed by atoms with Gasteiger partial charge in [-0.2, -0.15) is 0 Å². The van der Waals surface area contributed by atoms with E-state index in [-0.39, 0.29) is 12.5 Å². The minimum Gasteiger partial charge on any atom is -0.483 e. The minimum absolute atomic E-state index is 0.0143. The van der Waals surface area contributed by atoms with Crippen LogP contribution in [-0.4, -0.2) is 30.5 Å². The lowest BCUT2D eigenvalue weighted by molar-refractivity contribution is -0.118. The average molecular weight is 324 g/mol. The van der Waals surface area contributed by atoms with Crippen LogP contribution >= 0.6 is 0 Å². The van der Waals surface area contributed by atoms with Crippen LogP contribution in [0.3, 0.4) is 0 Å². The van der Waals surface area contributed by atoms with Gasteiger partial charge in [0.25, 0.3) is 5.91 Å². The third-order valence-electron chi connectivity index (χ3n) is 4.29. The van der Waals surface area contributed by atoms with Gasteiger partial charge in [-0.25, -0.2) is 0 Å². The maximum absolute atomic E-state index is 12.0. The van der Waals surface area contributed by atoms with Gasteiger partial charge in [0.2, 0.25) is 0 Å². The molecule has 126 valence electrons. The van der Waals surface area contributed by atoms with Gasteiger partial charge >= 0.3 is 0 Å². The number of anilines is 1. The number of ether oxygens (including phenoxy) is 1. The summed E-state index contributed by atoms with van der Waals surface area (Å²) in [5, 5.41) is 2.87. The Morgan fingerprint density at radius 1 is 1.08 bits per heavy atom. The molecule has 0 radical (unpaired) electrons. The van der Waals surface area contributed by atoms with Crippen molar-refractivity contribution in [1.82, 2.24) is 4.90 Å². The Morgan fingerprint density at radius 2 is 1.79 bits per heavy atom. The molecule has 1 aliphatic heterocycles. The first kappa shape index (κ1) is 16.5. The molecule has 4 nitrogen and oxygen atoms in total. The number of hydrogen-bond acceptors (Lipinski definition) is 3. The summed E-state index contributed by atoms with van der Waals surface area (Å²) in [5.41, 5.74) is 3.11. The molecule has 24 heavy (non-hydrogen) atoms. The standard InChI is InChI=1S/C20H24N2O2/c1-16-6-2-3-7-19(16)24-15-20(23)21-18-10-8-17(9-11-18)14-22-12-4-5-13-22/h2-3,6-11H,4-5,12-15H2,1H3,(H,21,23). The predicted octanol–water partition coefficient (Wildman–Crippen LogP) is 3.61. The first-order valence-corrected chi connectivity index (χ1v) is 8.50. The van der Waals surface area contributed by atoms with Crippen LogP contribution in [0.25, 0.3) is 0 Å². The van der Waals surface area contributed by atoms with Crippen molar-refractivity contribution in [2.75, 3.05) is 25.0 Å². The van der Waals surface area contributed by atoms with Crippen LogP contribution in [-0.2, 0) is 11.3 Å². The van der Waals surface area contributed by atoms with E-state index in [1.807, 2.05) is 43.3 Å². The van der Waals surface area contributed by atoms with E-state index in [4.69, 9.17) is 4.74 Å². The van der Waals surface area contributed by atoms with Crippen LogP contribution in [0.1, 0.15) is 24.0 Å². The fourth-order valence-electron chi connectivity index (χ4n) is 2.95. The molecule has 0 bridgehead atoms. The van der Waals surface area contributed by atoms with Crippen molar-refractivity contribution in [1.29, 1.82) is 0 Å². The van der Waals surface area contributed by atoms with E-state index in [9.17, 15) is 4.79 Å². The summed E-state index contributed by atoms with van der Waals surface area (Å²) in [6.07, 6.45) is 2.60. The number of amides is 1. The molecule has 1 heterocycles. The first-order chi connectivity index (χ1) is 11.7. The van der Waals surface area contributed by atoms with E-state index in [0.717, 1.165) is 23.5 Å². The highest BCUT2D eigenvalue weighted by Crippen LogP contribution is 2.17. The number of nitrogens with one attached hydrogen (secondary N) is 1. The Kier molecular flexibility index (Phi) is 5.49. The van der Waals surface area contributed by atoms with Gasteiger partial charge in [-0.05, 0) is 62.2 Å². The third kappa shape index (κ3) is 4.59. The second kappa shape index (κ2) is 7.97. The third-order valence-corrected chi connectivity index (χ3v) is 4.29. The molecule has 1 amide bonds. The summed E-state index contributed by atoms with van der Waals surface area (Å²) in [6, 6.07) is 15.8. The van der Waals surface area contributed by atoms with E-state index in [2.05, 4.69) is 22.3 Å². The SMILES string of the molecule is Cc1ccccc1OCC(=O)Nc1ccc(CN2CCCC2)cc1. The van der Waals surface area contributed by atoms with E-state index in [1.165, 1.54) is 31.5 Å². The van der Waals surface area contributed by atoms with Gasteiger partial charge in [0.05, 0.1) is 0 Å². The fourth-order valence-corrected chi connectivity index (χ4v) is 2.95. The molecule has 0 spiro atoms. The first-order valence-electron chi connectivity index (χ1n) is 8.50. The number of benzene rings is 2. The molecule has 1 aliphatic rings.